The van der Waals surface area contributed by atoms with Gasteiger partial charge in [-0.3, -0.25) is 0 Å². The van der Waals surface area contributed by atoms with Gasteiger partial charge in [0.1, 0.15) is 17.2 Å². The Labute approximate surface area is 132 Å². The number of ether oxygens (including phenoxy) is 1. The second-order valence-corrected chi connectivity index (χ2v) is 5.26. The van der Waals surface area contributed by atoms with Gasteiger partial charge in [-0.1, -0.05) is 54.4 Å². The molecule has 1 aromatic heterocycles. The summed E-state index contributed by atoms with van der Waals surface area (Å²) in [6.45, 7) is 1.98. The Kier molecular flexibility index (Phi) is 3.95. The predicted octanol–water partition coefficient (Wildman–Crippen LogP) is 5.29. The zero-order chi connectivity index (χ0) is 14.8. The van der Waals surface area contributed by atoms with Gasteiger partial charge in [-0.05, 0) is 18.6 Å². The monoisotopic (exact) mass is 318 g/mol. The molecule has 106 valence electrons. The average molecular weight is 319 g/mol. The van der Waals surface area contributed by atoms with E-state index >= 15 is 0 Å². The fourth-order valence-corrected chi connectivity index (χ4v) is 2.67. The molecule has 21 heavy (non-hydrogen) atoms. The van der Waals surface area contributed by atoms with Crippen LogP contribution in [0.4, 0.5) is 0 Å². The fraction of sp³-hybridized carbons (Fsp3) is 0.125. The molecule has 0 atom stereocenters. The normalized spacial score (nSPS) is 10.8. The van der Waals surface area contributed by atoms with E-state index in [-0.39, 0.29) is 0 Å². The summed E-state index contributed by atoms with van der Waals surface area (Å²) in [6.07, 6.45) is 2.09. The molecule has 0 aliphatic heterocycles. The van der Waals surface area contributed by atoms with Crippen LogP contribution in [0.15, 0.2) is 42.7 Å². The Bertz CT molecular complexity index is 805. The number of aromatic nitrogens is 2. The van der Waals surface area contributed by atoms with Crippen LogP contribution in [0.1, 0.15) is 12.5 Å². The molecule has 0 aliphatic rings. The average Bonchev–Trinajstić information content (AvgIpc) is 2.51. The molecule has 0 amide bonds. The van der Waals surface area contributed by atoms with Crippen molar-refractivity contribution in [1.29, 1.82) is 0 Å². The lowest BCUT2D eigenvalue weighted by molar-refractivity contribution is 0.460. The van der Waals surface area contributed by atoms with Gasteiger partial charge in [0.25, 0.3) is 0 Å². The van der Waals surface area contributed by atoms with E-state index in [1.54, 1.807) is 0 Å². The molecule has 0 spiro atoms. The molecule has 3 nitrogen and oxygen atoms in total. The fourth-order valence-electron chi connectivity index (χ4n) is 2.19. The Morgan fingerprint density at radius 1 is 1.00 bits per heavy atom. The molecule has 0 saturated heterocycles. The highest BCUT2D eigenvalue weighted by molar-refractivity contribution is 6.35. The van der Waals surface area contributed by atoms with Crippen LogP contribution in [-0.2, 0) is 6.42 Å². The van der Waals surface area contributed by atoms with Gasteiger partial charge in [0, 0.05) is 15.8 Å². The van der Waals surface area contributed by atoms with Crippen LogP contribution in [0.25, 0.3) is 10.8 Å². The van der Waals surface area contributed by atoms with Crippen molar-refractivity contribution in [3.8, 4) is 11.6 Å². The van der Waals surface area contributed by atoms with E-state index in [1.807, 2.05) is 43.3 Å². The lowest BCUT2D eigenvalue weighted by Gasteiger charge is -2.12. The molecule has 0 unspecified atom stereocenters. The molecule has 0 N–H and O–H groups in total. The van der Waals surface area contributed by atoms with Gasteiger partial charge in [-0.2, -0.15) is 0 Å². The Morgan fingerprint density at radius 2 is 1.76 bits per heavy atom. The number of hydrogen-bond donors (Lipinski definition) is 0. The summed E-state index contributed by atoms with van der Waals surface area (Å²) >= 11 is 12.3. The molecule has 0 aliphatic carbocycles. The van der Waals surface area contributed by atoms with Crippen molar-refractivity contribution >= 4 is 34.0 Å². The third kappa shape index (κ3) is 2.67. The van der Waals surface area contributed by atoms with Crippen molar-refractivity contribution in [2.24, 2.45) is 0 Å². The van der Waals surface area contributed by atoms with Crippen molar-refractivity contribution in [1.82, 2.24) is 9.97 Å². The first-order chi connectivity index (χ1) is 10.2. The smallest absolute Gasteiger partial charge is 0.227 e. The molecule has 5 heteroatoms. The minimum atomic E-state index is 0.417. The van der Waals surface area contributed by atoms with Crippen molar-refractivity contribution in [3.05, 3.63) is 58.5 Å². The molecule has 0 bridgehead atoms. The van der Waals surface area contributed by atoms with E-state index in [2.05, 4.69) is 9.97 Å². The summed E-state index contributed by atoms with van der Waals surface area (Å²) in [7, 11) is 0. The highest BCUT2D eigenvalue weighted by Gasteiger charge is 2.12. The lowest BCUT2D eigenvalue weighted by Crippen LogP contribution is -1.97. The summed E-state index contributed by atoms with van der Waals surface area (Å²) in [4.78, 5) is 8.17. The van der Waals surface area contributed by atoms with Crippen LogP contribution in [0, 0.1) is 0 Å². The first kappa shape index (κ1) is 14.1. The minimum absolute atomic E-state index is 0.417. The third-order valence-electron chi connectivity index (χ3n) is 3.24. The Balaban J connectivity index is 2.11. The first-order valence-electron chi connectivity index (χ1n) is 6.55. The summed E-state index contributed by atoms with van der Waals surface area (Å²) in [6, 6.07) is 11.5. The minimum Gasteiger partial charge on any atom is -0.438 e. The number of rotatable bonds is 3. The summed E-state index contributed by atoms with van der Waals surface area (Å²) in [5.74, 6) is 1.17. The van der Waals surface area contributed by atoms with Crippen molar-refractivity contribution in [3.63, 3.8) is 0 Å². The van der Waals surface area contributed by atoms with Crippen LogP contribution in [0.5, 0.6) is 11.6 Å². The van der Waals surface area contributed by atoms with Gasteiger partial charge >= 0.3 is 0 Å². The standard InChI is InChI=1S/C16H12Cl2N2O/c1-2-10-15(18)19-9-20-16(10)21-14-8-7-13(17)11-5-3-4-6-12(11)14/h3-9H,2H2,1H3. The zero-order valence-electron chi connectivity index (χ0n) is 11.3. The van der Waals surface area contributed by atoms with E-state index in [0.717, 1.165) is 16.3 Å². The topological polar surface area (TPSA) is 35.0 Å². The molecule has 0 saturated carbocycles. The Hall–Kier alpha value is -1.84. The van der Waals surface area contributed by atoms with Crippen molar-refractivity contribution in [2.45, 2.75) is 13.3 Å². The highest BCUT2D eigenvalue weighted by atomic mass is 35.5. The van der Waals surface area contributed by atoms with Gasteiger partial charge in [-0.15, -0.1) is 0 Å². The largest absolute Gasteiger partial charge is 0.438 e. The van der Waals surface area contributed by atoms with Crippen LogP contribution in [-0.4, -0.2) is 9.97 Å². The highest BCUT2D eigenvalue weighted by Crippen LogP contribution is 2.35. The van der Waals surface area contributed by atoms with Gasteiger partial charge in [0.05, 0.1) is 5.56 Å². The predicted molar refractivity (Wildman–Crippen MR) is 85.5 cm³/mol. The molecule has 1 heterocycles. The number of benzene rings is 2. The summed E-state index contributed by atoms with van der Waals surface area (Å²) < 4.78 is 5.96. The maximum atomic E-state index is 6.21. The second-order valence-electron chi connectivity index (χ2n) is 4.49. The quantitative estimate of drug-likeness (QED) is 0.615. The number of halogens is 2. The molecular weight excluding hydrogens is 307 g/mol. The summed E-state index contributed by atoms with van der Waals surface area (Å²) in [5, 5.41) is 2.98. The molecular formula is C16H12Cl2N2O. The molecule has 0 fully saturated rings. The van der Waals surface area contributed by atoms with E-state index in [0.29, 0.717) is 28.2 Å². The van der Waals surface area contributed by atoms with Crippen molar-refractivity contribution in [2.75, 3.05) is 0 Å². The van der Waals surface area contributed by atoms with E-state index < -0.39 is 0 Å². The van der Waals surface area contributed by atoms with Gasteiger partial charge in [0.15, 0.2) is 0 Å². The zero-order valence-corrected chi connectivity index (χ0v) is 12.8. The van der Waals surface area contributed by atoms with Gasteiger partial charge in [-0.25, -0.2) is 9.97 Å². The number of nitrogens with zero attached hydrogens (tertiary/aromatic N) is 2. The molecule has 2 aromatic carbocycles. The van der Waals surface area contributed by atoms with E-state index in [1.165, 1.54) is 6.33 Å². The SMILES string of the molecule is CCc1c(Cl)ncnc1Oc1ccc(Cl)c2ccccc12. The lowest BCUT2D eigenvalue weighted by atomic mass is 10.1. The second kappa shape index (κ2) is 5.88. The van der Waals surface area contributed by atoms with Crippen LogP contribution < -0.4 is 4.74 Å². The van der Waals surface area contributed by atoms with E-state index in [9.17, 15) is 0 Å². The molecule has 0 radical (unpaired) electrons. The van der Waals surface area contributed by atoms with E-state index in [4.69, 9.17) is 27.9 Å². The van der Waals surface area contributed by atoms with Gasteiger partial charge in [0.2, 0.25) is 5.88 Å². The Morgan fingerprint density at radius 3 is 2.52 bits per heavy atom. The third-order valence-corrected chi connectivity index (χ3v) is 3.90. The first-order valence-corrected chi connectivity index (χ1v) is 7.30. The van der Waals surface area contributed by atoms with Crippen LogP contribution in [0.3, 0.4) is 0 Å². The molecule has 3 rings (SSSR count). The van der Waals surface area contributed by atoms with Gasteiger partial charge < -0.3 is 4.74 Å². The molecule has 3 aromatic rings. The van der Waals surface area contributed by atoms with Crippen molar-refractivity contribution < 1.29 is 4.74 Å². The van der Waals surface area contributed by atoms with Crippen LogP contribution >= 0.6 is 23.2 Å². The maximum Gasteiger partial charge on any atom is 0.227 e. The van der Waals surface area contributed by atoms with Crippen LogP contribution in [0.2, 0.25) is 10.2 Å². The number of hydrogen-bond acceptors (Lipinski definition) is 3. The maximum absolute atomic E-state index is 6.21. The summed E-state index contributed by atoms with van der Waals surface area (Å²) in [5.41, 5.74) is 0.790. The number of fused-ring (bicyclic) bond motifs is 1.